The number of carbonyl (C=O) groups is 3. The van der Waals surface area contributed by atoms with E-state index in [4.69, 9.17) is 24.8 Å². The Morgan fingerprint density at radius 2 is 1.00 bits per heavy atom. The molecule has 2 atom stereocenters. The second-order valence-electron chi connectivity index (χ2n) is 14.5. The molecule has 0 radical (unpaired) electrons. The topological polar surface area (TPSA) is 118 Å². The summed E-state index contributed by atoms with van der Waals surface area (Å²) in [6.07, 6.45) is 9.04. The molecule has 0 aliphatic heterocycles. The summed E-state index contributed by atoms with van der Waals surface area (Å²) in [6.45, 7) is 25.3. The fourth-order valence-corrected chi connectivity index (χ4v) is 4.53. The van der Waals surface area contributed by atoms with Crippen LogP contribution in [-0.2, 0) is 38.8 Å². The maximum atomic E-state index is 12.2. The highest BCUT2D eigenvalue weighted by Crippen LogP contribution is 2.33. The van der Waals surface area contributed by atoms with Gasteiger partial charge in [-0.15, -0.1) is 0 Å². The molecule has 0 aromatic heterocycles. The lowest BCUT2D eigenvalue weighted by Gasteiger charge is -2.29. The quantitative estimate of drug-likeness (QED) is 0.114. The Hall–Kier alpha value is -1.71. The van der Waals surface area contributed by atoms with Crippen molar-refractivity contribution in [3.05, 3.63) is 0 Å². The molecule has 0 saturated heterocycles. The molecule has 0 amide bonds. The molecule has 0 aliphatic rings. The Morgan fingerprint density at radius 3 is 1.26 bits per heavy atom. The maximum absolute atomic E-state index is 12.2. The van der Waals surface area contributed by atoms with Crippen molar-refractivity contribution in [1.29, 1.82) is 0 Å². The van der Waals surface area contributed by atoms with Crippen LogP contribution in [-0.4, -0.2) is 34.4 Å². The fraction of sp³-hybridized carbons (Fsp3) is 0.909. The molecule has 0 spiro atoms. The largest absolute Gasteiger partial charge is 0.347 e. The molecule has 9 nitrogen and oxygen atoms in total. The Labute approximate surface area is 256 Å². The van der Waals surface area contributed by atoms with E-state index in [1.807, 2.05) is 62.3 Å². The first-order valence-electron chi connectivity index (χ1n) is 15.9. The van der Waals surface area contributed by atoms with Gasteiger partial charge in [0, 0.05) is 0 Å². The van der Waals surface area contributed by atoms with Gasteiger partial charge in [0.1, 0.15) is 11.2 Å². The molecule has 42 heavy (non-hydrogen) atoms. The van der Waals surface area contributed by atoms with Gasteiger partial charge >= 0.3 is 17.9 Å². The van der Waals surface area contributed by atoms with Crippen LogP contribution in [0.25, 0.3) is 0 Å². The summed E-state index contributed by atoms with van der Waals surface area (Å²) in [5.41, 5.74) is -1.91. The predicted molar refractivity (Wildman–Crippen MR) is 165 cm³/mol. The maximum Gasteiger partial charge on any atom is 0.347 e. The standard InChI is InChI=1S/C24H46O6.C9H18O3/c1-9-13-15-19(11-3)21(25)27-29-23(5,6)17-18-24(7,8)30-28-22(26)20(12-4)16-14-10-2;1-8(2,3)6-9(4,5)7(10)12-11/h19-20H,9-18H2,1-8H3;11H,6H2,1-5H3. The zero-order valence-electron chi connectivity index (χ0n) is 29.1. The summed E-state index contributed by atoms with van der Waals surface area (Å²) < 4.78 is 0. The van der Waals surface area contributed by atoms with Crippen LogP contribution >= 0.6 is 0 Å². The summed E-state index contributed by atoms with van der Waals surface area (Å²) in [7, 11) is 0. The van der Waals surface area contributed by atoms with Crippen LogP contribution in [0.1, 0.15) is 161 Å². The van der Waals surface area contributed by atoms with E-state index < -0.39 is 22.6 Å². The normalized spacial score (nSPS) is 13.9. The first-order valence-corrected chi connectivity index (χ1v) is 15.9. The summed E-state index contributed by atoms with van der Waals surface area (Å²) in [5, 5.41) is 8.22. The van der Waals surface area contributed by atoms with Crippen molar-refractivity contribution in [2.24, 2.45) is 22.7 Å². The lowest BCUT2D eigenvalue weighted by molar-refractivity contribution is -0.343. The number of hydrogen-bond acceptors (Lipinski definition) is 9. The third kappa shape index (κ3) is 20.2. The summed E-state index contributed by atoms with van der Waals surface area (Å²) in [5.74, 6) is -1.43. The third-order valence-electron chi connectivity index (χ3n) is 7.10. The van der Waals surface area contributed by atoms with E-state index in [2.05, 4.69) is 18.7 Å². The number of rotatable bonds is 19. The first kappa shape index (κ1) is 42.4. The molecule has 0 saturated carbocycles. The van der Waals surface area contributed by atoms with Crippen molar-refractivity contribution in [2.45, 2.75) is 172 Å². The monoisotopic (exact) mass is 604 g/mol. The van der Waals surface area contributed by atoms with Crippen LogP contribution in [0.2, 0.25) is 0 Å². The van der Waals surface area contributed by atoms with Crippen molar-refractivity contribution in [2.75, 3.05) is 0 Å². The van der Waals surface area contributed by atoms with E-state index in [0.29, 0.717) is 19.3 Å². The second kappa shape index (κ2) is 20.3. The van der Waals surface area contributed by atoms with Gasteiger partial charge < -0.3 is 4.89 Å². The molecule has 0 aliphatic carbocycles. The summed E-state index contributed by atoms with van der Waals surface area (Å²) >= 11 is 0. The Kier molecular flexibility index (Phi) is 20.5. The average Bonchev–Trinajstić information content (AvgIpc) is 2.89. The molecule has 1 N–H and O–H groups in total. The lowest BCUT2D eigenvalue weighted by Crippen LogP contribution is -2.34. The van der Waals surface area contributed by atoms with Crippen molar-refractivity contribution in [3.8, 4) is 0 Å². The Balaban J connectivity index is 0. The highest BCUT2D eigenvalue weighted by Gasteiger charge is 2.34. The van der Waals surface area contributed by atoms with Crippen LogP contribution in [0.15, 0.2) is 0 Å². The highest BCUT2D eigenvalue weighted by molar-refractivity contribution is 5.75. The molecule has 0 heterocycles. The second-order valence-corrected chi connectivity index (χ2v) is 14.5. The molecular weight excluding hydrogens is 540 g/mol. The molecule has 0 rings (SSSR count). The van der Waals surface area contributed by atoms with E-state index in [1.54, 1.807) is 13.8 Å². The van der Waals surface area contributed by atoms with E-state index in [1.165, 1.54) is 0 Å². The van der Waals surface area contributed by atoms with Crippen LogP contribution in [0.5, 0.6) is 0 Å². The van der Waals surface area contributed by atoms with Gasteiger partial charge in [-0.2, -0.15) is 15.0 Å². The zero-order valence-corrected chi connectivity index (χ0v) is 29.1. The van der Waals surface area contributed by atoms with Crippen LogP contribution in [0.4, 0.5) is 0 Å². The van der Waals surface area contributed by atoms with E-state index in [9.17, 15) is 14.4 Å². The SMILES string of the molecule is CC(C)(C)CC(C)(C)C(=O)OO.CCCCC(CC)C(=O)OOC(C)(C)CCC(C)(C)OOC(=O)C(CC)CCCC. The van der Waals surface area contributed by atoms with Gasteiger partial charge in [0.05, 0.1) is 17.3 Å². The molecule has 0 fully saturated rings. The molecular formula is C33H64O9. The molecule has 0 aromatic carbocycles. The van der Waals surface area contributed by atoms with E-state index in [-0.39, 0.29) is 29.2 Å². The van der Waals surface area contributed by atoms with Crippen molar-refractivity contribution < 1.29 is 44.1 Å². The van der Waals surface area contributed by atoms with Gasteiger partial charge in [-0.3, -0.25) is 9.78 Å². The van der Waals surface area contributed by atoms with Crippen molar-refractivity contribution >= 4 is 17.9 Å². The molecule has 2 unspecified atom stereocenters. The number of hydrogen-bond donors (Lipinski definition) is 1. The van der Waals surface area contributed by atoms with Gasteiger partial charge in [0.15, 0.2) is 0 Å². The molecule has 250 valence electrons. The Morgan fingerprint density at radius 1 is 0.643 bits per heavy atom. The van der Waals surface area contributed by atoms with E-state index in [0.717, 1.165) is 51.4 Å². The van der Waals surface area contributed by atoms with Gasteiger partial charge in [0.25, 0.3) is 0 Å². The summed E-state index contributed by atoms with van der Waals surface area (Å²) in [6, 6.07) is 0. The van der Waals surface area contributed by atoms with Crippen molar-refractivity contribution in [1.82, 2.24) is 0 Å². The smallest absolute Gasteiger partial charge is 0.300 e. The summed E-state index contributed by atoms with van der Waals surface area (Å²) in [4.78, 5) is 60.4. The van der Waals surface area contributed by atoms with Gasteiger partial charge in [0.2, 0.25) is 0 Å². The van der Waals surface area contributed by atoms with E-state index >= 15 is 0 Å². The fourth-order valence-electron chi connectivity index (χ4n) is 4.53. The zero-order chi connectivity index (χ0) is 33.2. The number of unbranched alkanes of at least 4 members (excludes halogenated alkanes) is 2. The minimum Gasteiger partial charge on any atom is -0.300 e. The molecule has 9 heteroatoms. The number of carbonyl (C=O) groups excluding carboxylic acids is 3. The average molecular weight is 605 g/mol. The predicted octanol–water partition coefficient (Wildman–Crippen LogP) is 9.17. The van der Waals surface area contributed by atoms with Crippen LogP contribution < -0.4 is 0 Å². The van der Waals surface area contributed by atoms with Crippen LogP contribution in [0, 0.1) is 22.7 Å². The third-order valence-corrected chi connectivity index (χ3v) is 7.10. The van der Waals surface area contributed by atoms with Crippen molar-refractivity contribution in [3.63, 3.8) is 0 Å². The first-order chi connectivity index (χ1) is 19.2. The van der Waals surface area contributed by atoms with Gasteiger partial charge in [-0.25, -0.2) is 14.4 Å². The molecule has 0 aromatic rings. The van der Waals surface area contributed by atoms with Gasteiger partial charge in [-0.05, 0) is 91.9 Å². The highest BCUT2D eigenvalue weighted by atomic mass is 17.2. The minimum atomic E-state index is -0.670. The van der Waals surface area contributed by atoms with Crippen LogP contribution in [0.3, 0.4) is 0 Å². The molecule has 0 bridgehead atoms. The van der Waals surface area contributed by atoms with Gasteiger partial charge in [-0.1, -0.05) is 74.1 Å². The minimum absolute atomic E-state index is 0.0533. The lowest BCUT2D eigenvalue weighted by atomic mass is 9.76. The Bertz CT molecular complexity index is 722.